The Labute approximate surface area is 150 Å². The van der Waals surface area contributed by atoms with Crippen molar-refractivity contribution in [3.05, 3.63) is 57.6 Å². The molecule has 2 aromatic carbocycles. The van der Waals surface area contributed by atoms with Crippen LogP contribution < -0.4 is 14.2 Å². The number of ketones is 1. The number of hydrogen-bond donors (Lipinski definition) is 0. The van der Waals surface area contributed by atoms with Gasteiger partial charge >= 0.3 is 0 Å². The second-order valence-corrected chi connectivity index (χ2v) is 5.59. The first-order valence-corrected chi connectivity index (χ1v) is 7.73. The topological polar surface area (TPSA) is 44.8 Å². The Hall–Kier alpha value is -2.17. The predicted molar refractivity (Wildman–Crippen MR) is 95.9 cm³/mol. The average molecular weight is 367 g/mol. The Morgan fingerprint density at radius 3 is 2.29 bits per heavy atom. The Kier molecular flexibility index (Phi) is 6.12. The van der Waals surface area contributed by atoms with E-state index in [1.807, 2.05) is 0 Å². The molecule has 126 valence electrons. The fraction of sp³-hybridized carbons (Fsp3) is 0.167. The summed E-state index contributed by atoms with van der Waals surface area (Å²) in [5.74, 6) is 1.20. The Balaban J connectivity index is 2.38. The summed E-state index contributed by atoms with van der Waals surface area (Å²) < 4.78 is 15.9. The van der Waals surface area contributed by atoms with E-state index < -0.39 is 0 Å². The van der Waals surface area contributed by atoms with Gasteiger partial charge in [0.05, 0.1) is 26.4 Å². The van der Waals surface area contributed by atoms with E-state index in [0.29, 0.717) is 38.4 Å². The van der Waals surface area contributed by atoms with Crippen LogP contribution >= 0.6 is 23.2 Å². The molecular formula is C18H16Cl2O4. The van der Waals surface area contributed by atoms with Crippen LogP contribution in [-0.4, -0.2) is 27.1 Å². The number of carbonyl (C=O) groups is 1. The third-order valence-corrected chi connectivity index (χ3v) is 3.91. The van der Waals surface area contributed by atoms with Gasteiger partial charge in [-0.25, -0.2) is 0 Å². The van der Waals surface area contributed by atoms with E-state index in [4.69, 9.17) is 37.4 Å². The third-order valence-electron chi connectivity index (χ3n) is 3.34. The molecule has 0 saturated heterocycles. The highest BCUT2D eigenvalue weighted by Gasteiger charge is 2.15. The monoisotopic (exact) mass is 366 g/mol. The molecule has 24 heavy (non-hydrogen) atoms. The lowest BCUT2D eigenvalue weighted by Crippen LogP contribution is -1.98. The quantitative estimate of drug-likeness (QED) is 0.537. The molecule has 0 bridgehead atoms. The number of allylic oxidation sites excluding steroid dienone is 1. The van der Waals surface area contributed by atoms with Gasteiger partial charge in [-0.05, 0) is 42.5 Å². The van der Waals surface area contributed by atoms with Crippen LogP contribution in [0.2, 0.25) is 10.0 Å². The summed E-state index contributed by atoms with van der Waals surface area (Å²) in [7, 11) is 4.58. The highest BCUT2D eigenvalue weighted by Crippen LogP contribution is 2.40. The molecule has 0 radical (unpaired) electrons. The summed E-state index contributed by atoms with van der Waals surface area (Å²) >= 11 is 12.0. The first kappa shape index (κ1) is 18.2. The van der Waals surface area contributed by atoms with Gasteiger partial charge < -0.3 is 14.2 Å². The number of ether oxygens (including phenoxy) is 3. The van der Waals surface area contributed by atoms with Gasteiger partial charge in [-0.2, -0.15) is 0 Å². The van der Waals surface area contributed by atoms with E-state index in [1.54, 1.807) is 30.3 Å². The molecule has 0 fully saturated rings. The summed E-state index contributed by atoms with van der Waals surface area (Å²) in [4.78, 5) is 12.3. The molecule has 0 N–H and O–H groups in total. The van der Waals surface area contributed by atoms with Gasteiger partial charge in [-0.1, -0.05) is 23.2 Å². The van der Waals surface area contributed by atoms with Crippen LogP contribution in [0.15, 0.2) is 36.4 Å². The minimum atomic E-state index is -0.265. The Morgan fingerprint density at radius 1 is 0.958 bits per heavy atom. The zero-order valence-electron chi connectivity index (χ0n) is 13.4. The number of rotatable bonds is 6. The van der Waals surface area contributed by atoms with Crippen molar-refractivity contribution >= 4 is 35.1 Å². The number of methoxy groups -OCH3 is 3. The van der Waals surface area contributed by atoms with Crippen molar-refractivity contribution in [2.75, 3.05) is 21.3 Å². The van der Waals surface area contributed by atoms with Crippen molar-refractivity contribution in [2.45, 2.75) is 0 Å². The molecule has 0 saturated carbocycles. The van der Waals surface area contributed by atoms with Crippen LogP contribution in [0.3, 0.4) is 0 Å². The molecule has 0 aliphatic carbocycles. The first-order valence-electron chi connectivity index (χ1n) is 6.98. The van der Waals surface area contributed by atoms with Gasteiger partial charge in [-0.3, -0.25) is 4.79 Å². The number of benzene rings is 2. The molecular weight excluding hydrogens is 351 g/mol. The minimum Gasteiger partial charge on any atom is -0.493 e. The maximum absolute atomic E-state index is 12.3. The molecule has 0 aliphatic rings. The number of hydrogen-bond acceptors (Lipinski definition) is 4. The van der Waals surface area contributed by atoms with E-state index in [2.05, 4.69) is 0 Å². The molecule has 0 atom stereocenters. The fourth-order valence-corrected chi connectivity index (χ4v) is 2.58. The molecule has 4 nitrogen and oxygen atoms in total. The van der Waals surface area contributed by atoms with E-state index >= 15 is 0 Å². The second kappa shape index (κ2) is 8.08. The summed E-state index contributed by atoms with van der Waals surface area (Å²) in [5.41, 5.74) is 1.00. The van der Waals surface area contributed by atoms with Crippen LogP contribution in [-0.2, 0) is 0 Å². The van der Waals surface area contributed by atoms with Crippen molar-refractivity contribution in [2.24, 2.45) is 0 Å². The van der Waals surface area contributed by atoms with Crippen LogP contribution in [0.1, 0.15) is 15.9 Å². The molecule has 2 aromatic rings. The molecule has 0 spiro atoms. The molecule has 2 rings (SSSR count). The van der Waals surface area contributed by atoms with Crippen molar-refractivity contribution < 1.29 is 19.0 Å². The fourth-order valence-electron chi connectivity index (χ4n) is 2.20. The van der Waals surface area contributed by atoms with E-state index in [-0.39, 0.29) is 5.78 Å². The van der Waals surface area contributed by atoms with Crippen molar-refractivity contribution in [1.29, 1.82) is 0 Å². The predicted octanol–water partition coefficient (Wildman–Crippen LogP) is 4.92. The summed E-state index contributed by atoms with van der Waals surface area (Å²) in [6.45, 7) is 0. The SMILES string of the molecule is COc1ccc(C=CC(=O)c2cc(Cl)ccc2Cl)c(OC)c1OC. The van der Waals surface area contributed by atoms with Crippen molar-refractivity contribution in [1.82, 2.24) is 0 Å². The normalized spacial score (nSPS) is 10.7. The highest BCUT2D eigenvalue weighted by atomic mass is 35.5. The van der Waals surface area contributed by atoms with E-state index in [9.17, 15) is 4.79 Å². The lowest BCUT2D eigenvalue weighted by atomic mass is 10.1. The lowest BCUT2D eigenvalue weighted by Gasteiger charge is -2.13. The lowest BCUT2D eigenvalue weighted by molar-refractivity contribution is 0.104. The van der Waals surface area contributed by atoms with Crippen molar-refractivity contribution in [3.63, 3.8) is 0 Å². The van der Waals surface area contributed by atoms with Gasteiger partial charge in [0, 0.05) is 16.1 Å². The average Bonchev–Trinajstić information content (AvgIpc) is 2.60. The van der Waals surface area contributed by atoms with E-state index in [0.717, 1.165) is 0 Å². The van der Waals surface area contributed by atoms with Gasteiger partial charge in [0.1, 0.15) is 0 Å². The minimum absolute atomic E-state index is 0.265. The molecule has 0 aliphatic heterocycles. The van der Waals surface area contributed by atoms with E-state index in [1.165, 1.54) is 33.5 Å². The third kappa shape index (κ3) is 3.83. The van der Waals surface area contributed by atoms with Gasteiger partial charge in [0.2, 0.25) is 5.75 Å². The highest BCUT2D eigenvalue weighted by molar-refractivity contribution is 6.36. The summed E-state index contributed by atoms with van der Waals surface area (Å²) in [5, 5.41) is 0.785. The van der Waals surface area contributed by atoms with Crippen molar-refractivity contribution in [3.8, 4) is 17.2 Å². The number of carbonyl (C=O) groups excluding carboxylic acids is 1. The van der Waals surface area contributed by atoms with Gasteiger partial charge in [-0.15, -0.1) is 0 Å². The standard InChI is InChI=1S/C18H16Cl2O4/c1-22-16-9-5-11(17(23-2)18(16)24-3)4-8-15(21)13-10-12(19)6-7-14(13)20/h4-10H,1-3H3. The molecule has 0 amide bonds. The summed E-state index contributed by atoms with van der Waals surface area (Å²) in [6, 6.07) is 8.24. The Morgan fingerprint density at radius 2 is 1.67 bits per heavy atom. The van der Waals surface area contributed by atoms with Crippen LogP contribution in [0, 0.1) is 0 Å². The largest absolute Gasteiger partial charge is 0.493 e. The first-order chi connectivity index (χ1) is 11.5. The zero-order valence-corrected chi connectivity index (χ0v) is 14.9. The molecule has 0 aromatic heterocycles. The van der Waals surface area contributed by atoms with Crippen LogP contribution in [0.5, 0.6) is 17.2 Å². The Bertz CT molecular complexity index is 785. The smallest absolute Gasteiger partial charge is 0.203 e. The summed E-state index contributed by atoms with van der Waals surface area (Å²) in [6.07, 6.45) is 3.03. The van der Waals surface area contributed by atoms with Crippen LogP contribution in [0.25, 0.3) is 6.08 Å². The number of halogens is 2. The molecule has 0 heterocycles. The molecule has 6 heteroatoms. The van der Waals surface area contributed by atoms with Gasteiger partial charge in [0.25, 0.3) is 0 Å². The molecule has 0 unspecified atom stereocenters. The van der Waals surface area contributed by atoms with Crippen LogP contribution in [0.4, 0.5) is 0 Å². The second-order valence-electron chi connectivity index (χ2n) is 4.75. The maximum Gasteiger partial charge on any atom is 0.203 e. The van der Waals surface area contributed by atoms with Gasteiger partial charge in [0.15, 0.2) is 17.3 Å². The zero-order chi connectivity index (χ0) is 17.7. The maximum atomic E-state index is 12.3.